The summed E-state index contributed by atoms with van der Waals surface area (Å²) < 4.78 is 0. The molecule has 0 bridgehead atoms. The maximum atomic E-state index is 9.91. The summed E-state index contributed by atoms with van der Waals surface area (Å²) in [5.74, 6) is 0.559. The average molecular weight is 259 g/mol. The Kier molecular flexibility index (Phi) is 3.90. The lowest BCUT2D eigenvalue weighted by molar-refractivity contribution is 0.145. The third-order valence-corrected chi connectivity index (χ3v) is 4.67. The number of fused-ring (bicyclic) bond motifs is 1. The topological polar surface area (TPSA) is 32.3 Å². The Bertz CT molecular complexity index is 439. The van der Waals surface area contributed by atoms with Gasteiger partial charge in [-0.25, -0.2) is 0 Å². The van der Waals surface area contributed by atoms with Crippen LogP contribution in [0.25, 0.3) is 0 Å². The number of hydrogen-bond acceptors (Lipinski definition) is 2. The Balaban J connectivity index is 1.60. The van der Waals surface area contributed by atoms with Gasteiger partial charge in [-0.3, -0.25) is 0 Å². The van der Waals surface area contributed by atoms with Gasteiger partial charge in [-0.05, 0) is 68.1 Å². The smallest absolute Gasteiger partial charge is 0.0692 e. The van der Waals surface area contributed by atoms with Crippen molar-refractivity contribution in [3.05, 3.63) is 34.9 Å². The standard InChI is InChI=1S/C17H25NO/c1-12(18-11-17(19)14-7-8-14)15-9-6-13-4-2-3-5-16(13)10-15/h6,9-10,12,14,17-19H,2-5,7-8,11H2,1H3. The van der Waals surface area contributed by atoms with Crippen LogP contribution in [0.3, 0.4) is 0 Å². The van der Waals surface area contributed by atoms with Gasteiger partial charge < -0.3 is 10.4 Å². The Morgan fingerprint density at radius 1 is 1.21 bits per heavy atom. The number of benzene rings is 1. The van der Waals surface area contributed by atoms with Crippen LogP contribution in [0.1, 0.15) is 55.3 Å². The molecule has 2 heteroatoms. The quantitative estimate of drug-likeness (QED) is 0.852. The normalized spacial score (nSPS) is 21.8. The van der Waals surface area contributed by atoms with Gasteiger partial charge in [-0.15, -0.1) is 0 Å². The monoisotopic (exact) mass is 259 g/mol. The molecule has 0 aliphatic heterocycles. The van der Waals surface area contributed by atoms with E-state index in [2.05, 4.69) is 30.4 Å². The lowest BCUT2D eigenvalue weighted by Gasteiger charge is -2.21. The van der Waals surface area contributed by atoms with Crippen molar-refractivity contribution in [2.45, 2.75) is 57.6 Å². The van der Waals surface area contributed by atoms with Gasteiger partial charge in [0.25, 0.3) is 0 Å². The van der Waals surface area contributed by atoms with Crippen molar-refractivity contribution in [2.75, 3.05) is 6.54 Å². The Hall–Kier alpha value is -0.860. The molecule has 2 atom stereocenters. The number of nitrogens with one attached hydrogen (secondary N) is 1. The van der Waals surface area contributed by atoms with E-state index in [0.717, 1.165) is 6.54 Å². The van der Waals surface area contributed by atoms with Crippen molar-refractivity contribution in [2.24, 2.45) is 5.92 Å². The first-order chi connectivity index (χ1) is 9.24. The minimum atomic E-state index is -0.153. The fourth-order valence-corrected chi connectivity index (χ4v) is 3.09. The highest BCUT2D eigenvalue weighted by Crippen LogP contribution is 2.32. The van der Waals surface area contributed by atoms with Crippen molar-refractivity contribution >= 4 is 0 Å². The molecule has 1 aromatic rings. The summed E-state index contributed by atoms with van der Waals surface area (Å²) in [5, 5.41) is 13.4. The molecule has 0 aromatic heterocycles. The second-order valence-electron chi connectivity index (χ2n) is 6.27. The zero-order valence-electron chi connectivity index (χ0n) is 11.9. The highest BCUT2D eigenvalue weighted by molar-refractivity contribution is 5.35. The second-order valence-corrected chi connectivity index (χ2v) is 6.27. The van der Waals surface area contributed by atoms with Gasteiger partial charge in [0.1, 0.15) is 0 Å². The number of rotatable bonds is 5. The van der Waals surface area contributed by atoms with Crippen LogP contribution < -0.4 is 5.32 Å². The Morgan fingerprint density at radius 2 is 1.95 bits per heavy atom. The van der Waals surface area contributed by atoms with Crippen molar-refractivity contribution < 1.29 is 5.11 Å². The second kappa shape index (κ2) is 5.64. The lowest BCUT2D eigenvalue weighted by atomic mass is 9.89. The zero-order chi connectivity index (χ0) is 13.2. The molecule has 2 N–H and O–H groups in total. The molecule has 0 spiro atoms. The van der Waals surface area contributed by atoms with E-state index in [1.807, 2.05) is 0 Å². The predicted molar refractivity (Wildman–Crippen MR) is 78.2 cm³/mol. The molecule has 0 radical (unpaired) electrons. The number of aliphatic hydroxyl groups is 1. The first-order valence-corrected chi connectivity index (χ1v) is 7.77. The highest BCUT2D eigenvalue weighted by Gasteiger charge is 2.29. The SMILES string of the molecule is CC(NCC(O)C1CC1)c1ccc2c(c1)CCCC2. The van der Waals surface area contributed by atoms with E-state index < -0.39 is 0 Å². The van der Waals surface area contributed by atoms with E-state index in [9.17, 15) is 5.11 Å². The third kappa shape index (κ3) is 3.18. The van der Waals surface area contributed by atoms with E-state index in [1.54, 1.807) is 11.1 Å². The number of aryl methyl sites for hydroxylation is 2. The molecule has 104 valence electrons. The van der Waals surface area contributed by atoms with Crippen LogP contribution in [0.2, 0.25) is 0 Å². The van der Waals surface area contributed by atoms with Gasteiger partial charge in [-0.2, -0.15) is 0 Å². The average Bonchev–Trinajstić information content (AvgIpc) is 3.28. The van der Waals surface area contributed by atoms with Gasteiger partial charge in [0, 0.05) is 12.6 Å². The molecular formula is C17H25NO. The van der Waals surface area contributed by atoms with Crippen LogP contribution >= 0.6 is 0 Å². The van der Waals surface area contributed by atoms with Crippen LogP contribution in [-0.4, -0.2) is 17.8 Å². The number of aliphatic hydroxyl groups excluding tert-OH is 1. The fourth-order valence-electron chi connectivity index (χ4n) is 3.09. The van der Waals surface area contributed by atoms with Crippen LogP contribution in [0, 0.1) is 5.92 Å². The van der Waals surface area contributed by atoms with Crippen LogP contribution in [-0.2, 0) is 12.8 Å². The van der Waals surface area contributed by atoms with Crippen LogP contribution in [0.4, 0.5) is 0 Å². The van der Waals surface area contributed by atoms with Gasteiger partial charge >= 0.3 is 0 Å². The van der Waals surface area contributed by atoms with E-state index in [0.29, 0.717) is 12.0 Å². The van der Waals surface area contributed by atoms with Gasteiger partial charge in [0.2, 0.25) is 0 Å². The number of hydrogen-bond donors (Lipinski definition) is 2. The highest BCUT2D eigenvalue weighted by atomic mass is 16.3. The van der Waals surface area contributed by atoms with Crippen LogP contribution in [0.15, 0.2) is 18.2 Å². The minimum Gasteiger partial charge on any atom is -0.392 e. The van der Waals surface area contributed by atoms with Crippen molar-refractivity contribution in [1.29, 1.82) is 0 Å². The molecule has 1 fully saturated rings. The zero-order valence-corrected chi connectivity index (χ0v) is 11.9. The molecule has 2 nitrogen and oxygen atoms in total. The summed E-state index contributed by atoms with van der Waals surface area (Å²) in [7, 11) is 0. The summed E-state index contributed by atoms with van der Waals surface area (Å²) in [6.07, 6.45) is 7.41. The molecule has 0 amide bonds. The molecule has 1 aromatic carbocycles. The minimum absolute atomic E-state index is 0.153. The molecule has 0 heterocycles. The summed E-state index contributed by atoms with van der Waals surface area (Å²) in [4.78, 5) is 0. The fraction of sp³-hybridized carbons (Fsp3) is 0.647. The van der Waals surface area contributed by atoms with Crippen LogP contribution in [0.5, 0.6) is 0 Å². The first-order valence-electron chi connectivity index (χ1n) is 7.77. The summed E-state index contributed by atoms with van der Waals surface area (Å²) in [6, 6.07) is 7.26. The molecule has 2 unspecified atom stereocenters. The maximum Gasteiger partial charge on any atom is 0.0692 e. The Morgan fingerprint density at radius 3 is 2.68 bits per heavy atom. The van der Waals surface area contributed by atoms with Gasteiger partial charge in [-0.1, -0.05) is 18.2 Å². The van der Waals surface area contributed by atoms with E-state index in [-0.39, 0.29) is 6.10 Å². The molecule has 2 aliphatic rings. The predicted octanol–water partition coefficient (Wildman–Crippen LogP) is 2.99. The molecule has 2 aliphatic carbocycles. The summed E-state index contributed by atoms with van der Waals surface area (Å²) in [5.41, 5.74) is 4.45. The third-order valence-electron chi connectivity index (χ3n) is 4.67. The summed E-state index contributed by atoms with van der Waals surface area (Å²) >= 11 is 0. The summed E-state index contributed by atoms with van der Waals surface area (Å²) in [6.45, 7) is 2.92. The molecular weight excluding hydrogens is 234 g/mol. The Labute approximate surface area is 116 Å². The van der Waals surface area contributed by atoms with E-state index in [1.165, 1.54) is 44.1 Å². The van der Waals surface area contributed by atoms with Gasteiger partial charge in [0.15, 0.2) is 0 Å². The molecule has 3 rings (SSSR count). The van der Waals surface area contributed by atoms with Crippen molar-refractivity contribution in [1.82, 2.24) is 5.32 Å². The van der Waals surface area contributed by atoms with E-state index in [4.69, 9.17) is 0 Å². The van der Waals surface area contributed by atoms with E-state index >= 15 is 0 Å². The largest absolute Gasteiger partial charge is 0.392 e. The maximum absolute atomic E-state index is 9.91. The van der Waals surface area contributed by atoms with Gasteiger partial charge in [0.05, 0.1) is 6.10 Å². The lowest BCUT2D eigenvalue weighted by Crippen LogP contribution is -2.30. The molecule has 1 saturated carbocycles. The molecule has 19 heavy (non-hydrogen) atoms. The first kappa shape index (κ1) is 13.1. The molecule has 0 saturated heterocycles. The van der Waals surface area contributed by atoms with Crippen molar-refractivity contribution in [3.8, 4) is 0 Å². The van der Waals surface area contributed by atoms with Crippen molar-refractivity contribution in [3.63, 3.8) is 0 Å².